The molecule has 4 aromatic rings. The fourth-order valence-corrected chi connectivity index (χ4v) is 12.4. The smallest absolute Gasteiger partial charge is 0.328 e. The molecule has 0 aliphatic carbocycles. The molecule has 0 spiro atoms. The van der Waals surface area contributed by atoms with Gasteiger partial charge in [0.2, 0.25) is 26.0 Å². The quantitative estimate of drug-likeness (QED) is 0.0944. The van der Waals surface area contributed by atoms with Crippen LogP contribution in [0.5, 0.6) is 0 Å². The fourth-order valence-electron chi connectivity index (χ4n) is 9.08. The summed E-state index contributed by atoms with van der Waals surface area (Å²) in [6, 6.07) is 23.9. The van der Waals surface area contributed by atoms with Gasteiger partial charge in [-0.3, -0.25) is 9.69 Å². The number of halogens is 2. The van der Waals surface area contributed by atoms with Gasteiger partial charge in [0, 0.05) is 111 Å². The number of urea groups is 1. The van der Waals surface area contributed by atoms with Crippen molar-refractivity contribution in [1.29, 1.82) is 0 Å². The number of carbonyl (C=O) groups is 3. The Morgan fingerprint density at radius 2 is 1.14 bits per heavy atom. The Morgan fingerprint density at radius 1 is 0.671 bits per heavy atom. The van der Waals surface area contributed by atoms with Gasteiger partial charge in [-0.1, -0.05) is 55.8 Å². The molecular formula is C50H61Cl2N7O9S2. The molecule has 0 saturated carbocycles. The van der Waals surface area contributed by atoms with Crippen molar-refractivity contribution in [1.82, 2.24) is 13.9 Å². The van der Waals surface area contributed by atoms with Crippen LogP contribution in [0.1, 0.15) is 51.2 Å². The molecule has 2 fully saturated rings. The van der Waals surface area contributed by atoms with E-state index < -0.39 is 38.1 Å². The van der Waals surface area contributed by atoms with Crippen molar-refractivity contribution in [2.75, 3.05) is 91.7 Å². The van der Waals surface area contributed by atoms with E-state index in [1.54, 1.807) is 53.1 Å². The van der Waals surface area contributed by atoms with Crippen LogP contribution in [0.3, 0.4) is 0 Å². The molecule has 4 aromatic carbocycles. The summed E-state index contributed by atoms with van der Waals surface area (Å²) in [6.07, 6.45) is 2.40. The molecular weight excluding hydrogens is 978 g/mol. The van der Waals surface area contributed by atoms with Gasteiger partial charge in [0.1, 0.15) is 6.04 Å². The number of ether oxygens (including phenoxy) is 1. The first-order valence-electron chi connectivity index (χ1n) is 23.6. The maximum Gasteiger partial charge on any atom is 0.328 e. The average Bonchev–Trinajstić information content (AvgIpc) is 3.98. The second-order valence-electron chi connectivity index (χ2n) is 17.9. The Hall–Kier alpha value is -5.37. The van der Waals surface area contributed by atoms with Gasteiger partial charge >= 0.3 is 12.0 Å². The van der Waals surface area contributed by atoms with Crippen LogP contribution >= 0.6 is 23.2 Å². The zero-order chi connectivity index (χ0) is 50.3. The first-order valence-corrected chi connectivity index (χ1v) is 27.2. The minimum atomic E-state index is -3.68. The number of anilines is 4. The molecule has 4 aliphatic heterocycles. The number of amides is 3. The van der Waals surface area contributed by atoms with E-state index in [9.17, 15) is 36.3 Å². The highest BCUT2D eigenvalue weighted by molar-refractivity contribution is 7.89. The Labute approximate surface area is 421 Å². The minimum Gasteiger partial charge on any atom is -0.513 e. The number of carbonyl (C=O) groups excluding carboxylic acids is 3. The van der Waals surface area contributed by atoms with E-state index in [-0.39, 0.29) is 34.0 Å². The van der Waals surface area contributed by atoms with Gasteiger partial charge in [-0.15, -0.1) is 0 Å². The second kappa shape index (κ2) is 22.8. The van der Waals surface area contributed by atoms with E-state index >= 15 is 0 Å². The van der Waals surface area contributed by atoms with Crippen LogP contribution in [0.4, 0.5) is 27.5 Å². The highest BCUT2D eigenvalue weighted by Crippen LogP contribution is 2.34. The molecule has 376 valence electrons. The van der Waals surface area contributed by atoms with Crippen LogP contribution in [0.2, 0.25) is 10.0 Å². The summed E-state index contributed by atoms with van der Waals surface area (Å²) >= 11 is 12.2. The summed E-state index contributed by atoms with van der Waals surface area (Å²) < 4.78 is 61.5. The molecule has 4 heterocycles. The number of aliphatic hydroxyl groups excluding tert-OH is 1. The first kappa shape index (κ1) is 52.5. The van der Waals surface area contributed by atoms with E-state index in [2.05, 4.69) is 21.7 Å². The van der Waals surface area contributed by atoms with Gasteiger partial charge in [0.25, 0.3) is 0 Å². The lowest BCUT2D eigenvalue weighted by atomic mass is 10.1. The normalized spacial score (nSPS) is 16.8. The van der Waals surface area contributed by atoms with Crippen molar-refractivity contribution in [2.24, 2.45) is 5.92 Å². The number of piperazine rings is 2. The Morgan fingerprint density at radius 3 is 1.59 bits per heavy atom. The van der Waals surface area contributed by atoms with Gasteiger partial charge in [-0.05, 0) is 116 Å². The maximum absolute atomic E-state index is 13.4. The van der Waals surface area contributed by atoms with E-state index in [1.165, 1.54) is 8.61 Å². The molecule has 3 amide bonds. The number of aliphatic hydroxyl groups is 1. The van der Waals surface area contributed by atoms with Gasteiger partial charge in [-0.25, -0.2) is 26.4 Å². The number of sulfonamides is 2. The molecule has 1 atom stereocenters. The lowest BCUT2D eigenvalue weighted by Gasteiger charge is -2.35. The van der Waals surface area contributed by atoms with E-state index in [0.717, 1.165) is 28.2 Å². The Kier molecular flexibility index (Phi) is 17.1. The third kappa shape index (κ3) is 12.2. The zero-order valence-electron chi connectivity index (χ0n) is 39.7. The third-order valence-electron chi connectivity index (χ3n) is 12.9. The summed E-state index contributed by atoms with van der Waals surface area (Å²) in [5.41, 5.74) is 5.04. The number of esters is 1. The molecule has 2 saturated heterocycles. The number of benzene rings is 4. The van der Waals surface area contributed by atoms with E-state index in [1.807, 2.05) is 62.4 Å². The molecule has 0 aromatic heterocycles. The number of hydrogen-bond donors (Lipinski definition) is 2. The van der Waals surface area contributed by atoms with Gasteiger partial charge in [-0.2, -0.15) is 8.61 Å². The maximum atomic E-state index is 13.4. The number of fused-ring (bicyclic) bond motifs is 2. The predicted octanol–water partition coefficient (Wildman–Crippen LogP) is 7.49. The molecule has 1 unspecified atom stereocenters. The van der Waals surface area contributed by atoms with Crippen molar-refractivity contribution in [3.05, 3.63) is 118 Å². The highest BCUT2D eigenvalue weighted by Gasteiger charge is 2.35. The van der Waals surface area contributed by atoms with Crippen molar-refractivity contribution in [2.45, 2.75) is 68.7 Å². The lowest BCUT2D eigenvalue weighted by Crippen LogP contribution is -2.50. The second-order valence-corrected chi connectivity index (χ2v) is 22.6. The van der Waals surface area contributed by atoms with Crippen LogP contribution in [0.25, 0.3) is 0 Å². The summed E-state index contributed by atoms with van der Waals surface area (Å²) in [5, 5.41) is 13.3. The van der Waals surface area contributed by atoms with Crippen LogP contribution < -0.4 is 24.9 Å². The number of nitrogens with one attached hydrogen (secondary N) is 1. The summed E-state index contributed by atoms with van der Waals surface area (Å²) in [4.78, 5) is 45.8. The SMILES string of the molecule is C=C(O)CCCC(=O)N1CCc2cc(S(=O)(=O)N3CCN(c4cccc(Cl)c4)CC3)ccc21.CCOC(=O)C(NC(=O)N1CCc2cc(S(=O)(=O)N3CCN(c4cccc(Cl)c4)CC3)ccc21)C(C)C. The fraction of sp³-hybridized carbons (Fsp3) is 0.420. The number of nitrogens with zero attached hydrogens (tertiary/aromatic N) is 6. The van der Waals surface area contributed by atoms with Crippen molar-refractivity contribution < 1.29 is 41.1 Å². The molecule has 4 aliphatic rings. The average molecular weight is 1040 g/mol. The van der Waals surface area contributed by atoms with Crippen LogP contribution in [0.15, 0.2) is 107 Å². The van der Waals surface area contributed by atoms with Crippen LogP contribution in [-0.2, 0) is 47.2 Å². The Bertz CT molecular complexity index is 2800. The summed E-state index contributed by atoms with van der Waals surface area (Å²) in [7, 11) is -7.30. The van der Waals surface area contributed by atoms with Crippen molar-refractivity contribution in [3.8, 4) is 0 Å². The Balaban J connectivity index is 0.000000208. The first-order chi connectivity index (χ1) is 33.4. The molecule has 2 N–H and O–H groups in total. The van der Waals surface area contributed by atoms with Crippen molar-refractivity contribution in [3.63, 3.8) is 0 Å². The summed E-state index contributed by atoms with van der Waals surface area (Å²) in [5.74, 6) is -0.560. The molecule has 0 bridgehead atoms. The van der Waals surface area contributed by atoms with Gasteiger partial charge in [0.05, 0.1) is 22.2 Å². The zero-order valence-corrected chi connectivity index (χ0v) is 42.9. The largest absolute Gasteiger partial charge is 0.513 e. The number of allylic oxidation sites excluding steroid dienone is 1. The molecule has 8 rings (SSSR count). The standard InChI is InChI=1S/C26H33ClN4O5S.C24H28ClN3O4S/c1-4-36-25(32)24(18(2)3)28-26(33)31-11-10-19-16-22(8-9-23(19)31)37(34,35)30-14-12-29(13-15-30)21-7-5-6-20(27)17-21;1-18(29)4-2-7-24(30)28-11-10-19-16-22(8-9-23(19)28)33(31,32)27-14-12-26(13-15-27)21-6-3-5-20(25)17-21/h5-9,16-18,24H,4,10-15H2,1-3H3,(H,28,33);3,5-6,8-9,16-17,29H,1-2,4,7,10-15H2. The van der Waals surface area contributed by atoms with Crippen molar-refractivity contribution >= 4 is 83.9 Å². The number of hydrogen-bond acceptors (Lipinski definition) is 11. The van der Waals surface area contributed by atoms with E-state index in [0.29, 0.717) is 113 Å². The van der Waals surface area contributed by atoms with Gasteiger partial charge in [0.15, 0.2) is 0 Å². The lowest BCUT2D eigenvalue weighted by molar-refractivity contribution is -0.146. The van der Waals surface area contributed by atoms with Crippen LogP contribution in [0, 0.1) is 5.92 Å². The molecule has 70 heavy (non-hydrogen) atoms. The highest BCUT2D eigenvalue weighted by atomic mass is 35.5. The minimum absolute atomic E-state index is 0.0252. The number of rotatable bonds is 14. The van der Waals surface area contributed by atoms with Crippen LogP contribution in [-0.4, -0.2) is 127 Å². The monoisotopic (exact) mass is 1040 g/mol. The predicted molar refractivity (Wildman–Crippen MR) is 274 cm³/mol. The topological polar surface area (TPSA) is 180 Å². The molecule has 20 heteroatoms. The molecule has 16 nitrogen and oxygen atoms in total. The third-order valence-corrected chi connectivity index (χ3v) is 17.1. The molecule has 0 radical (unpaired) electrons. The van der Waals surface area contributed by atoms with Gasteiger partial charge < -0.3 is 29.9 Å². The summed E-state index contributed by atoms with van der Waals surface area (Å²) in [6.45, 7) is 13.8. The van der Waals surface area contributed by atoms with E-state index in [4.69, 9.17) is 27.9 Å².